The van der Waals surface area contributed by atoms with Crippen LogP contribution in [0.4, 0.5) is 0 Å². The van der Waals surface area contributed by atoms with Gasteiger partial charge in [0.1, 0.15) is 0 Å². The molecule has 3 aliphatic carbocycles. The molecule has 0 radical (unpaired) electrons. The van der Waals surface area contributed by atoms with E-state index in [1.807, 2.05) is 0 Å². The fourth-order valence-electron chi connectivity index (χ4n) is 6.47. The highest BCUT2D eigenvalue weighted by Crippen LogP contribution is 2.64. The van der Waals surface area contributed by atoms with Gasteiger partial charge >= 0.3 is 5.97 Å². The predicted octanol–water partition coefficient (Wildman–Crippen LogP) is 7.00. The Balaban J connectivity index is 1.81. The Morgan fingerprint density at radius 2 is 1.96 bits per heavy atom. The maximum Gasteiger partial charge on any atom is 0.312 e. The number of rotatable bonds is 5. The van der Waals surface area contributed by atoms with Crippen molar-refractivity contribution in [1.82, 2.24) is 0 Å². The van der Waals surface area contributed by atoms with Gasteiger partial charge in [-0.2, -0.15) is 0 Å². The normalized spacial score (nSPS) is 40.7. The Kier molecular flexibility index (Phi) is 5.82. The van der Waals surface area contributed by atoms with E-state index < -0.39 is 8.07 Å². The molecule has 3 aliphatic rings. The van der Waals surface area contributed by atoms with E-state index in [0.29, 0.717) is 18.4 Å². The molecule has 2 saturated carbocycles. The summed E-state index contributed by atoms with van der Waals surface area (Å²) in [7, 11) is -1.18. The molecule has 158 valence electrons. The van der Waals surface area contributed by atoms with Crippen molar-refractivity contribution in [3.63, 3.8) is 0 Å². The highest BCUT2D eigenvalue weighted by atomic mass is 28.3. The maximum atomic E-state index is 13.3. The standard InChI is InChI=1S/C25H42O2Si/c1-8-23(2)15-12-20-19(18-23)10-11-21-24(20,3)13-9-14-25(21,4)22(26)27-16-17-28(5,6)7/h8,12,19,21H,1,9-11,13-18H2,2-7H3/t19?,21?,23-,24-,25+/m0/s1. The fourth-order valence-corrected chi connectivity index (χ4v) is 7.19. The number of hydrogen-bond donors (Lipinski definition) is 0. The second-order valence-corrected chi connectivity index (χ2v) is 17.5. The van der Waals surface area contributed by atoms with Crippen LogP contribution in [-0.2, 0) is 9.53 Å². The van der Waals surface area contributed by atoms with Crippen molar-refractivity contribution in [2.45, 2.75) is 91.4 Å². The van der Waals surface area contributed by atoms with Gasteiger partial charge in [0.05, 0.1) is 12.0 Å². The van der Waals surface area contributed by atoms with Crippen LogP contribution < -0.4 is 0 Å². The van der Waals surface area contributed by atoms with Crippen LogP contribution in [0.3, 0.4) is 0 Å². The molecule has 0 aromatic rings. The molecular weight excluding hydrogens is 360 g/mol. The molecule has 0 heterocycles. The quantitative estimate of drug-likeness (QED) is 0.281. The monoisotopic (exact) mass is 402 g/mol. The second-order valence-electron chi connectivity index (χ2n) is 11.9. The van der Waals surface area contributed by atoms with Gasteiger partial charge in [-0.1, -0.05) is 57.6 Å². The summed E-state index contributed by atoms with van der Waals surface area (Å²) in [4.78, 5) is 13.3. The highest BCUT2D eigenvalue weighted by molar-refractivity contribution is 6.76. The van der Waals surface area contributed by atoms with E-state index >= 15 is 0 Å². The summed E-state index contributed by atoms with van der Waals surface area (Å²) in [6, 6.07) is 1.06. The number of hydrogen-bond acceptors (Lipinski definition) is 2. The fraction of sp³-hybridized carbons (Fsp3) is 0.800. The van der Waals surface area contributed by atoms with Gasteiger partial charge < -0.3 is 4.74 Å². The first-order valence-electron chi connectivity index (χ1n) is 11.4. The number of ether oxygens (including phenoxy) is 1. The maximum absolute atomic E-state index is 13.3. The summed E-state index contributed by atoms with van der Waals surface area (Å²) in [5, 5.41) is 0. The zero-order valence-corrected chi connectivity index (χ0v) is 20.2. The third-order valence-electron chi connectivity index (χ3n) is 8.38. The first kappa shape index (κ1) is 21.9. The van der Waals surface area contributed by atoms with Gasteiger partial charge in [0.2, 0.25) is 0 Å². The van der Waals surface area contributed by atoms with Crippen molar-refractivity contribution < 1.29 is 9.53 Å². The molecule has 0 aromatic heterocycles. The molecule has 5 atom stereocenters. The lowest BCUT2D eigenvalue weighted by molar-refractivity contribution is -0.167. The minimum absolute atomic E-state index is 0.0764. The topological polar surface area (TPSA) is 26.3 Å². The van der Waals surface area contributed by atoms with E-state index in [9.17, 15) is 4.79 Å². The minimum Gasteiger partial charge on any atom is -0.466 e. The number of carbonyl (C=O) groups excluding carboxylic acids is 1. The minimum atomic E-state index is -1.18. The first-order chi connectivity index (χ1) is 12.9. The van der Waals surface area contributed by atoms with Crippen LogP contribution >= 0.6 is 0 Å². The van der Waals surface area contributed by atoms with Gasteiger partial charge in [-0.05, 0) is 74.2 Å². The van der Waals surface area contributed by atoms with Gasteiger partial charge in [0, 0.05) is 8.07 Å². The van der Waals surface area contributed by atoms with E-state index in [4.69, 9.17) is 4.74 Å². The smallest absolute Gasteiger partial charge is 0.312 e. The Labute approximate surface area is 174 Å². The molecule has 0 bridgehead atoms. The summed E-state index contributed by atoms with van der Waals surface area (Å²) in [6.45, 7) is 18.7. The van der Waals surface area contributed by atoms with Crippen molar-refractivity contribution in [2.75, 3.05) is 6.61 Å². The summed E-state index contributed by atoms with van der Waals surface area (Å²) in [5.41, 5.74) is 1.74. The molecule has 28 heavy (non-hydrogen) atoms. The van der Waals surface area contributed by atoms with Crippen molar-refractivity contribution in [2.24, 2.45) is 28.1 Å². The van der Waals surface area contributed by atoms with Gasteiger partial charge in [-0.3, -0.25) is 4.79 Å². The van der Waals surface area contributed by atoms with E-state index in [0.717, 1.165) is 31.7 Å². The Bertz CT molecular complexity index is 660. The molecule has 3 rings (SSSR count). The van der Waals surface area contributed by atoms with Crippen LogP contribution in [0.15, 0.2) is 24.3 Å². The van der Waals surface area contributed by atoms with Crippen LogP contribution in [0.2, 0.25) is 25.7 Å². The number of fused-ring (bicyclic) bond motifs is 3. The second kappa shape index (κ2) is 7.45. The molecule has 0 spiro atoms. The van der Waals surface area contributed by atoms with Crippen LogP contribution in [0.5, 0.6) is 0 Å². The van der Waals surface area contributed by atoms with Crippen LogP contribution in [0.25, 0.3) is 0 Å². The lowest BCUT2D eigenvalue weighted by Gasteiger charge is -2.58. The molecule has 0 aliphatic heterocycles. The van der Waals surface area contributed by atoms with Crippen LogP contribution in [-0.4, -0.2) is 20.7 Å². The van der Waals surface area contributed by atoms with Gasteiger partial charge in [0.15, 0.2) is 0 Å². The van der Waals surface area contributed by atoms with Crippen molar-refractivity contribution in [1.29, 1.82) is 0 Å². The predicted molar refractivity (Wildman–Crippen MR) is 121 cm³/mol. The first-order valence-corrected chi connectivity index (χ1v) is 15.2. The summed E-state index contributed by atoms with van der Waals surface area (Å²) in [6.07, 6.45) is 12.7. The number of carbonyl (C=O) groups is 1. The third kappa shape index (κ3) is 3.93. The number of esters is 1. The Morgan fingerprint density at radius 3 is 2.61 bits per heavy atom. The molecule has 0 aromatic carbocycles. The van der Waals surface area contributed by atoms with Gasteiger partial charge in [0.25, 0.3) is 0 Å². The average molecular weight is 403 g/mol. The largest absolute Gasteiger partial charge is 0.466 e. The van der Waals surface area contributed by atoms with E-state index in [2.05, 4.69) is 59.1 Å². The highest BCUT2D eigenvalue weighted by Gasteiger charge is 2.58. The van der Waals surface area contributed by atoms with E-state index in [1.54, 1.807) is 5.57 Å². The van der Waals surface area contributed by atoms with Crippen LogP contribution in [0, 0.1) is 28.1 Å². The molecule has 2 nitrogen and oxygen atoms in total. The Hall–Kier alpha value is -0.833. The number of allylic oxidation sites excluding steroid dienone is 3. The summed E-state index contributed by atoms with van der Waals surface area (Å²) < 4.78 is 5.90. The molecule has 2 unspecified atom stereocenters. The van der Waals surface area contributed by atoms with Crippen molar-refractivity contribution in [3.05, 3.63) is 24.3 Å². The lowest BCUT2D eigenvalue weighted by Crippen LogP contribution is -2.53. The van der Waals surface area contributed by atoms with Gasteiger partial charge in [-0.15, -0.1) is 6.58 Å². The molecular formula is C25H42O2Si. The molecule has 2 fully saturated rings. The summed E-state index contributed by atoms with van der Waals surface area (Å²) >= 11 is 0. The zero-order valence-electron chi connectivity index (χ0n) is 19.2. The molecule has 0 N–H and O–H groups in total. The van der Waals surface area contributed by atoms with Crippen molar-refractivity contribution >= 4 is 14.0 Å². The van der Waals surface area contributed by atoms with E-state index in [1.165, 1.54) is 19.3 Å². The van der Waals surface area contributed by atoms with Gasteiger partial charge in [-0.25, -0.2) is 0 Å². The SMILES string of the molecule is C=C[C@@]1(C)CC=C2C(CCC3[C@](C)(C(=O)OCC[Si](C)(C)C)CCC[C@@]23C)C1. The Morgan fingerprint density at radius 1 is 1.25 bits per heavy atom. The average Bonchev–Trinajstić information content (AvgIpc) is 2.60. The van der Waals surface area contributed by atoms with Crippen molar-refractivity contribution in [3.8, 4) is 0 Å². The third-order valence-corrected chi connectivity index (χ3v) is 10.1. The molecule has 0 saturated heterocycles. The summed E-state index contributed by atoms with van der Waals surface area (Å²) in [5.74, 6) is 1.17. The zero-order chi connectivity index (χ0) is 20.8. The van der Waals surface area contributed by atoms with E-state index in [-0.39, 0.29) is 22.2 Å². The molecule has 0 amide bonds. The lowest BCUT2D eigenvalue weighted by atomic mass is 9.46. The van der Waals surface area contributed by atoms with Crippen LogP contribution in [0.1, 0.15) is 65.7 Å². The molecule has 3 heteroatoms.